The molecule has 1 aliphatic carbocycles. The third-order valence-electron chi connectivity index (χ3n) is 3.51. The maximum Gasteiger partial charge on any atom is 0.304 e. The van der Waals surface area contributed by atoms with Crippen LogP contribution in [0.3, 0.4) is 0 Å². The lowest BCUT2D eigenvalue weighted by atomic mass is 10.0. The van der Waals surface area contributed by atoms with Crippen LogP contribution in [0.2, 0.25) is 0 Å². The standard InChI is InChI=1S/C11H20N2O2/c12-9-2-1-5-13(7-9)10(6-11(14)15)8-3-4-8/h8-10H,1-7,12H2,(H,14,15). The fourth-order valence-electron chi connectivity index (χ4n) is 2.60. The van der Waals surface area contributed by atoms with Gasteiger partial charge in [0, 0.05) is 18.6 Å². The highest BCUT2D eigenvalue weighted by atomic mass is 16.4. The Morgan fingerprint density at radius 3 is 2.73 bits per heavy atom. The van der Waals surface area contributed by atoms with Crippen LogP contribution in [0.4, 0.5) is 0 Å². The number of rotatable bonds is 4. The molecule has 2 aliphatic rings. The predicted octanol–water partition coefficient (Wildman–Crippen LogP) is 0.663. The van der Waals surface area contributed by atoms with Crippen LogP contribution < -0.4 is 5.73 Å². The van der Waals surface area contributed by atoms with E-state index >= 15 is 0 Å². The minimum Gasteiger partial charge on any atom is -0.481 e. The summed E-state index contributed by atoms with van der Waals surface area (Å²) in [6.07, 6.45) is 4.88. The first kappa shape index (κ1) is 10.9. The third kappa shape index (κ3) is 2.92. The topological polar surface area (TPSA) is 66.6 Å². The van der Waals surface area contributed by atoms with Crippen LogP contribution in [0, 0.1) is 5.92 Å². The molecule has 0 aromatic heterocycles. The molecular weight excluding hydrogens is 192 g/mol. The number of nitrogens with two attached hydrogens (primary N) is 1. The van der Waals surface area contributed by atoms with Gasteiger partial charge in [-0.1, -0.05) is 0 Å². The van der Waals surface area contributed by atoms with Crippen molar-refractivity contribution in [1.29, 1.82) is 0 Å². The van der Waals surface area contributed by atoms with E-state index in [1.54, 1.807) is 0 Å². The van der Waals surface area contributed by atoms with E-state index in [0.29, 0.717) is 5.92 Å². The van der Waals surface area contributed by atoms with E-state index in [-0.39, 0.29) is 18.5 Å². The lowest BCUT2D eigenvalue weighted by Gasteiger charge is -2.36. The molecule has 4 heteroatoms. The number of carboxylic acid groups (broad SMARTS) is 1. The average Bonchev–Trinajstić information content (AvgIpc) is 2.97. The van der Waals surface area contributed by atoms with Crippen LogP contribution in [-0.4, -0.2) is 41.1 Å². The summed E-state index contributed by atoms with van der Waals surface area (Å²) in [5.41, 5.74) is 5.93. The van der Waals surface area contributed by atoms with E-state index in [1.807, 2.05) is 0 Å². The summed E-state index contributed by atoms with van der Waals surface area (Å²) < 4.78 is 0. The Bertz CT molecular complexity index is 241. The molecule has 2 unspecified atom stereocenters. The summed E-state index contributed by atoms with van der Waals surface area (Å²) in [6.45, 7) is 1.91. The van der Waals surface area contributed by atoms with Crippen LogP contribution in [0.1, 0.15) is 32.1 Å². The zero-order valence-corrected chi connectivity index (χ0v) is 9.06. The summed E-state index contributed by atoms with van der Waals surface area (Å²) in [5, 5.41) is 8.90. The van der Waals surface area contributed by atoms with Gasteiger partial charge in [-0.15, -0.1) is 0 Å². The maximum atomic E-state index is 10.8. The van der Waals surface area contributed by atoms with Gasteiger partial charge in [-0.05, 0) is 38.1 Å². The molecule has 1 aliphatic heterocycles. The Morgan fingerprint density at radius 2 is 2.20 bits per heavy atom. The lowest BCUT2D eigenvalue weighted by molar-refractivity contribution is -0.138. The summed E-state index contributed by atoms with van der Waals surface area (Å²) >= 11 is 0. The second-order valence-electron chi connectivity index (χ2n) is 4.90. The molecule has 4 nitrogen and oxygen atoms in total. The van der Waals surface area contributed by atoms with E-state index in [4.69, 9.17) is 10.8 Å². The highest BCUT2D eigenvalue weighted by Gasteiger charge is 2.37. The Balaban J connectivity index is 1.93. The Labute approximate surface area is 90.4 Å². The van der Waals surface area contributed by atoms with Crippen molar-refractivity contribution in [1.82, 2.24) is 4.90 Å². The molecule has 0 aromatic rings. The minimum atomic E-state index is -0.675. The van der Waals surface area contributed by atoms with Crippen LogP contribution >= 0.6 is 0 Å². The van der Waals surface area contributed by atoms with Gasteiger partial charge in [0.1, 0.15) is 0 Å². The molecule has 15 heavy (non-hydrogen) atoms. The first-order chi connectivity index (χ1) is 7.16. The number of carbonyl (C=O) groups is 1. The third-order valence-corrected chi connectivity index (χ3v) is 3.51. The van der Waals surface area contributed by atoms with Crippen molar-refractivity contribution in [3.05, 3.63) is 0 Å². The molecule has 0 spiro atoms. The van der Waals surface area contributed by atoms with Crippen LogP contribution in [0.15, 0.2) is 0 Å². The highest BCUT2D eigenvalue weighted by Crippen LogP contribution is 2.37. The predicted molar refractivity (Wildman–Crippen MR) is 57.5 cm³/mol. The van der Waals surface area contributed by atoms with Crippen molar-refractivity contribution in [2.45, 2.75) is 44.2 Å². The molecule has 0 aromatic carbocycles. The van der Waals surface area contributed by atoms with E-state index in [1.165, 1.54) is 12.8 Å². The van der Waals surface area contributed by atoms with E-state index in [0.717, 1.165) is 25.9 Å². The molecule has 0 amide bonds. The summed E-state index contributed by atoms with van der Waals surface area (Å²) in [4.78, 5) is 13.1. The van der Waals surface area contributed by atoms with Gasteiger partial charge in [-0.3, -0.25) is 9.69 Å². The van der Waals surface area contributed by atoms with Gasteiger partial charge >= 0.3 is 5.97 Å². The fraction of sp³-hybridized carbons (Fsp3) is 0.909. The van der Waals surface area contributed by atoms with Crippen molar-refractivity contribution < 1.29 is 9.90 Å². The smallest absolute Gasteiger partial charge is 0.304 e. The molecule has 2 rings (SSSR count). The summed E-state index contributed by atoms with van der Waals surface area (Å²) in [5.74, 6) is -0.0579. The number of aliphatic carboxylic acids is 1. The van der Waals surface area contributed by atoms with Crippen LogP contribution in [0.25, 0.3) is 0 Å². The number of piperidine rings is 1. The number of hydrogen-bond acceptors (Lipinski definition) is 3. The molecule has 1 heterocycles. The Morgan fingerprint density at radius 1 is 1.47 bits per heavy atom. The van der Waals surface area contributed by atoms with E-state index in [9.17, 15) is 4.79 Å². The molecular formula is C11H20N2O2. The zero-order valence-electron chi connectivity index (χ0n) is 9.06. The van der Waals surface area contributed by atoms with Crippen molar-refractivity contribution >= 4 is 5.97 Å². The lowest BCUT2D eigenvalue weighted by Crippen LogP contribution is -2.49. The second-order valence-corrected chi connectivity index (χ2v) is 4.90. The second kappa shape index (κ2) is 4.49. The van der Waals surface area contributed by atoms with Crippen LogP contribution in [-0.2, 0) is 4.79 Å². The van der Waals surface area contributed by atoms with Crippen molar-refractivity contribution in [3.63, 3.8) is 0 Å². The molecule has 86 valence electrons. The van der Waals surface area contributed by atoms with Gasteiger partial charge in [0.15, 0.2) is 0 Å². The Kier molecular flexibility index (Phi) is 3.26. The minimum absolute atomic E-state index is 0.244. The largest absolute Gasteiger partial charge is 0.481 e. The number of likely N-dealkylation sites (tertiary alicyclic amines) is 1. The van der Waals surface area contributed by atoms with Crippen molar-refractivity contribution in [3.8, 4) is 0 Å². The molecule has 2 fully saturated rings. The number of hydrogen-bond donors (Lipinski definition) is 2. The van der Waals surface area contributed by atoms with E-state index < -0.39 is 5.97 Å². The first-order valence-corrected chi connectivity index (χ1v) is 5.88. The molecule has 1 saturated heterocycles. The van der Waals surface area contributed by atoms with Gasteiger partial charge < -0.3 is 10.8 Å². The SMILES string of the molecule is NC1CCCN(C(CC(=O)O)C2CC2)C1. The molecule has 1 saturated carbocycles. The van der Waals surface area contributed by atoms with Gasteiger partial charge in [0.25, 0.3) is 0 Å². The van der Waals surface area contributed by atoms with Gasteiger partial charge in [0.05, 0.1) is 6.42 Å². The number of nitrogens with zero attached hydrogens (tertiary/aromatic N) is 1. The van der Waals surface area contributed by atoms with Gasteiger partial charge in [0.2, 0.25) is 0 Å². The van der Waals surface area contributed by atoms with Gasteiger partial charge in [-0.2, -0.15) is 0 Å². The highest BCUT2D eigenvalue weighted by molar-refractivity contribution is 5.67. The van der Waals surface area contributed by atoms with E-state index in [2.05, 4.69) is 4.90 Å². The zero-order chi connectivity index (χ0) is 10.8. The molecule has 0 bridgehead atoms. The monoisotopic (exact) mass is 212 g/mol. The van der Waals surface area contributed by atoms with Crippen molar-refractivity contribution in [2.75, 3.05) is 13.1 Å². The van der Waals surface area contributed by atoms with Crippen LogP contribution in [0.5, 0.6) is 0 Å². The summed E-state index contributed by atoms with van der Waals surface area (Å²) in [6, 6.07) is 0.489. The number of carboxylic acids is 1. The first-order valence-electron chi connectivity index (χ1n) is 5.88. The Hall–Kier alpha value is -0.610. The summed E-state index contributed by atoms with van der Waals surface area (Å²) in [7, 11) is 0. The van der Waals surface area contributed by atoms with Gasteiger partial charge in [-0.25, -0.2) is 0 Å². The fourth-order valence-corrected chi connectivity index (χ4v) is 2.60. The molecule has 2 atom stereocenters. The normalized spacial score (nSPS) is 30.1. The molecule has 0 radical (unpaired) electrons. The average molecular weight is 212 g/mol. The van der Waals surface area contributed by atoms with Crippen molar-refractivity contribution in [2.24, 2.45) is 11.7 Å². The molecule has 3 N–H and O–H groups in total. The maximum absolute atomic E-state index is 10.8. The quantitative estimate of drug-likeness (QED) is 0.718.